The van der Waals surface area contributed by atoms with Gasteiger partial charge >= 0.3 is 0 Å². The van der Waals surface area contributed by atoms with E-state index in [1.165, 1.54) is 0 Å². The fraction of sp³-hybridized carbons (Fsp3) is 0. The predicted octanol–water partition coefficient (Wildman–Crippen LogP) is 5.38. The van der Waals surface area contributed by atoms with Gasteiger partial charge < -0.3 is 4.42 Å². The van der Waals surface area contributed by atoms with Crippen LogP contribution in [0.3, 0.4) is 0 Å². The van der Waals surface area contributed by atoms with Crippen LogP contribution in [0, 0.1) is 0 Å². The molecule has 0 fully saturated rings. The number of halogens is 2. The molecule has 0 amide bonds. The molecule has 100 valence electrons. The van der Waals surface area contributed by atoms with E-state index < -0.39 is 0 Å². The Hall–Kier alpha value is -1.43. The van der Waals surface area contributed by atoms with Crippen molar-refractivity contribution in [1.82, 2.24) is 10.2 Å². The summed E-state index contributed by atoms with van der Waals surface area (Å²) in [5, 5.41) is 8.69. The molecule has 3 aromatic rings. The minimum absolute atomic E-state index is 0.472. The lowest BCUT2D eigenvalue weighted by Crippen LogP contribution is -1.76. The van der Waals surface area contributed by atoms with Crippen LogP contribution in [0.2, 0.25) is 5.02 Å². The number of benzene rings is 1. The van der Waals surface area contributed by atoms with Crippen molar-refractivity contribution in [3.05, 3.63) is 56.0 Å². The highest BCUT2D eigenvalue weighted by atomic mass is 79.9. The second-order valence-corrected chi connectivity index (χ2v) is 6.86. The second-order valence-electron chi connectivity index (χ2n) is 3.93. The summed E-state index contributed by atoms with van der Waals surface area (Å²) < 4.78 is 6.67. The maximum Gasteiger partial charge on any atom is 0.248 e. The number of rotatable bonds is 3. The average molecular weight is 368 g/mol. The maximum atomic E-state index is 5.84. The summed E-state index contributed by atoms with van der Waals surface area (Å²) in [6.07, 6.45) is 3.74. The van der Waals surface area contributed by atoms with Crippen molar-refractivity contribution in [2.45, 2.75) is 0 Å². The van der Waals surface area contributed by atoms with Crippen LogP contribution in [0.1, 0.15) is 10.8 Å². The maximum absolute atomic E-state index is 5.84. The minimum atomic E-state index is 0.472. The molecule has 0 saturated heterocycles. The second kappa shape index (κ2) is 5.91. The molecule has 0 atom stereocenters. The molecule has 20 heavy (non-hydrogen) atoms. The van der Waals surface area contributed by atoms with Gasteiger partial charge in [-0.25, -0.2) is 0 Å². The van der Waals surface area contributed by atoms with E-state index in [9.17, 15) is 0 Å². The Balaban J connectivity index is 1.80. The van der Waals surface area contributed by atoms with Gasteiger partial charge in [0.05, 0.1) is 3.79 Å². The Bertz CT molecular complexity index is 749. The van der Waals surface area contributed by atoms with Gasteiger partial charge in [0.25, 0.3) is 0 Å². The topological polar surface area (TPSA) is 38.9 Å². The van der Waals surface area contributed by atoms with Crippen molar-refractivity contribution in [2.75, 3.05) is 0 Å². The summed E-state index contributed by atoms with van der Waals surface area (Å²) >= 11 is 10.9. The molecule has 2 aromatic heterocycles. The molecule has 1 aromatic carbocycles. The van der Waals surface area contributed by atoms with E-state index in [4.69, 9.17) is 16.0 Å². The molecule has 0 N–H and O–H groups in total. The highest BCUT2D eigenvalue weighted by molar-refractivity contribution is 9.11. The van der Waals surface area contributed by atoms with E-state index in [2.05, 4.69) is 26.1 Å². The molecule has 0 aliphatic heterocycles. The molecule has 2 heterocycles. The first kappa shape index (κ1) is 13.5. The quantitative estimate of drug-likeness (QED) is 0.623. The smallest absolute Gasteiger partial charge is 0.248 e. The number of hydrogen-bond acceptors (Lipinski definition) is 4. The molecule has 0 radical (unpaired) electrons. The Morgan fingerprint density at radius 1 is 1.05 bits per heavy atom. The number of thiophene rings is 1. The normalized spacial score (nSPS) is 11.3. The van der Waals surface area contributed by atoms with Gasteiger partial charge in [0.15, 0.2) is 0 Å². The number of aromatic nitrogens is 2. The molecular weight excluding hydrogens is 360 g/mol. The van der Waals surface area contributed by atoms with E-state index in [-0.39, 0.29) is 0 Å². The average Bonchev–Trinajstić information content (AvgIpc) is 3.06. The van der Waals surface area contributed by atoms with Crippen molar-refractivity contribution < 1.29 is 4.42 Å². The van der Waals surface area contributed by atoms with Gasteiger partial charge in [-0.05, 0) is 58.4 Å². The number of nitrogens with zero attached hydrogens (tertiary/aromatic N) is 2. The van der Waals surface area contributed by atoms with Crippen molar-refractivity contribution in [3.8, 4) is 11.5 Å². The summed E-state index contributed by atoms with van der Waals surface area (Å²) in [4.78, 5) is 1.11. The molecular formula is C14H8BrClN2OS. The zero-order valence-electron chi connectivity index (χ0n) is 10.1. The largest absolute Gasteiger partial charge is 0.417 e. The van der Waals surface area contributed by atoms with Crippen molar-refractivity contribution in [2.24, 2.45) is 0 Å². The van der Waals surface area contributed by atoms with Gasteiger partial charge in [0.2, 0.25) is 11.8 Å². The molecule has 0 unspecified atom stereocenters. The Morgan fingerprint density at radius 2 is 1.85 bits per heavy atom. The molecule has 0 bridgehead atoms. The summed E-state index contributed by atoms with van der Waals surface area (Å²) in [5.74, 6) is 0.952. The lowest BCUT2D eigenvalue weighted by Gasteiger charge is -1.93. The molecule has 3 nitrogen and oxygen atoms in total. The molecule has 3 rings (SSSR count). The van der Waals surface area contributed by atoms with E-state index in [1.54, 1.807) is 29.5 Å². The van der Waals surface area contributed by atoms with Gasteiger partial charge in [0, 0.05) is 21.5 Å². The van der Waals surface area contributed by atoms with Gasteiger partial charge in [-0.1, -0.05) is 11.6 Å². The van der Waals surface area contributed by atoms with Crippen LogP contribution in [0.25, 0.3) is 23.6 Å². The fourth-order valence-electron chi connectivity index (χ4n) is 1.58. The van der Waals surface area contributed by atoms with Crippen LogP contribution in [-0.2, 0) is 0 Å². The minimum Gasteiger partial charge on any atom is -0.417 e. The summed E-state index contributed by atoms with van der Waals surface area (Å²) in [5.41, 5.74) is 0.848. The monoisotopic (exact) mass is 366 g/mol. The zero-order chi connectivity index (χ0) is 13.9. The van der Waals surface area contributed by atoms with Crippen LogP contribution in [0.15, 0.2) is 44.6 Å². The van der Waals surface area contributed by atoms with Gasteiger partial charge in [-0.2, -0.15) is 0 Å². The third-order valence-corrected chi connectivity index (χ3v) is 4.36. The summed E-state index contributed by atoms with van der Waals surface area (Å²) in [7, 11) is 0. The van der Waals surface area contributed by atoms with Gasteiger partial charge in [-0.3, -0.25) is 0 Å². The van der Waals surface area contributed by atoms with Crippen LogP contribution >= 0.6 is 38.9 Å². The molecule has 0 spiro atoms. The van der Waals surface area contributed by atoms with Crippen LogP contribution in [0.4, 0.5) is 0 Å². The first-order valence-electron chi connectivity index (χ1n) is 5.73. The Kier molecular flexibility index (Phi) is 4.00. The first-order valence-corrected chi connectivity index (χ1v) is 7.72. The lowest BCUT2D eigenvalue weighted by molar-refractivity contribution is 0.558. The summed E-state index contributed by atoms with van der Waals surface area (Å²) in [6.45, 7) is 0. The van der Waals surface area contributed by atoms with Crippen LogP contribution < -0.4 is 0 Å². The van der Waals surface area contributed by atoms with E-state index in [0.29, 0.717) is 16.8 Å². The predicted molar refractivity (Wildman–Crippen MR) is 85.7 cm³/mol. The van der Waals surface area contributed by atoms with E-state index in [1.807, 2.05) is 30.3 Å². The van der Waals surface area contributed by atoms with Crippen LogP contribution in [0.5, 0.6) is 0 Å². The Morgan fingerprint density at radius 3 is 2.55 bits per heavy atom. The zero-order valence-corrected chi connectivity index (χ0v) is 13.2. The standard InChI is InChI=1S/C14H8BrClN2OS/c15-12-7-5-11(20-12)6-8-13-17-18-14(19-13)9-1-3-10(16)4-2-9/h1-8H/b8-6+. The highest BCUT2D eigenvalue weighted by Gasteiger charge is 2.06. The van der Waals surface area contributed by atoms with Crippen molar-refractivity contribution in [1.29, 1.82) is 0 Å². The van der Waals surface area contributed by atoms with Gasteiger partial charge in [0.1, 0.15) is 0 Å². The molecule has 0 aliphatic carbocycles. The lowest BCUT2D eigenvalue weighted by atomic mass is 10.2. The van der Waals surface area contributed by atoms with Crippen molar-refractivity contribution in [3.63, 3.8) is 0 Å². The van der Waals surface area contributed by atoms with Crippen LogP contribution in [-0.4, -0.2) is 10.2 Å². The first-order chi connectivity index (χ1) is 9.70. The molecule has 0 saturated carbocycles. The molecule has 0 aliphatic rings. The third-order valence-electron chi connectivity index (χ3n) is 2.52. The van der Waals surface area contributed by atoms with Gasteiger partial charge in [-0.15, -0.1) is 21.5 Å². The SMILES string of the molecule is Clc1ccc(-c2nnc(/C=C/c3ccc(Br)s3)o2)cc1. The van der Waals surface area contributed by atoms with Crippen molar-refractivity contribution >= 4 is 51.0 Å². The highest BCUT2D eigenvalue weighted by Crippen LogP contribution is 2.24. The third kappa shape index (κ3) is 3.17. The summed E-state index contributed by atoms with van der Waals surface area (Å²) in [6, 6.07) is 11.3. The fourth-order valence-corrected chi connectivity index (χ4v) is 3.03. The number of hydrogen-bond donors (Lipinski definition) is 0. The Labute approximate surface area is 133 Å². The molecule has 6 heteroatoms. The van der Waals surface area contributed by atoms with E-state index >= 15 is 0 Å². The van der Waals surface area contributed by atoms with E-state index in [0.717, 1.165) is 14.2 Å².